The average Bonchev–Trinajstić information content (AvgIpc) is 3.11. The number of nitrogens with zero attached hydrogens (tertiary/aromatic N) is 1. The summed E-state index contributed by atoms with van der Waals surface area (Å²) < 4.78 is 36.3. The molecular weight excluding hydrogens is 342 g/mol. The molecule has 0 aliphatic heterocycles. The van der Waals surface area contributed by atoms with Gasteiger partial charge in [0, 0.05) is 17.7 Å². The average molecular weight is 356 g/mol. The number of amides is 1. The standard InChI is InChI=1S/C19H14F2N2O3/c1-25-14-6-2-12(3-7-14)4-9-18(24)22-19-11-17(23-26-19)13-5-8-15(20)16(21)10-13/h2-11H,1H3,(H,22,24)/b9-4+. The number of halogens is 2. The van der Waals surface area contributed by atoms with Crippen LogP contribution in [0.25, 0.3) is 17.3 Å². The first-order valence-electron chi connectivity index (χ1n) is 7.60. The number of nitrogens with one attached hydrogen (secondary N) is 1. The molecule has 26 heavy (non-hydrogen) atoms. The van der Waals surface area contributed by atoms with E-state index in [0.717, 1.165) is 23.4 Å². The Kier molecular flexibility index (Phi) is 5.07. The van der Waals surface area contributed by atoms with Gasteiger partial charge in [0.2, 0.25) is 5.88 Å². The summed E-state index contributed by atoms with van der Waals surface area (Å²) in [6, 6.07) is 12.0. The fourth-order valence-corrected chi connectivity index (χ4v) is 2.18. The van der Waals surface area contributed by atoms with Crippen LogP contribution in [0.3, 0.4) is 0 Å². The quantitative estimate of drug-likeness (QED) is 0.693. The highest BCUT2D eigenvalue weighted by Crippen LogP contribution is 2.23. The number of hydrogen-bond donors (Lipinski definition) is 1. The number of methoxy groups -OCH3 is 1. The Balaban J connectivity index is 1.65. The second kappa shape index (κ2) is 7.60. The van der Waals surface area contributed by atoms with Crippen molar-refractivity contribution in [1.82, 2.24) is 5.16 Å². The Morgan fingerprint density at radius 1 is 1.12 bits per heavy atom. The maximum absolute atomic E-state index is 13.3. The predicted molar refractivity (Wildman–Crippen MR) is 92.5 cm³/mol. The van der Waals surface area contributed by atoms with Gasteiger partial charge in [0.1, 0.15) is 11.4 Å². The third-order valence-electron chi connectivity index (χ3n) is 3.51. The van der Waals surface area contributed by atoms with E-state index in [2.05, 4.69) is 10.5 Å². The molecule has 1 aromatic heterocycles. The Labute approximate surface area is 147 Å². The monoisotopic (exact) mass is 356 g/mol. The first-order valence-corrected chi connectivity index (χ1v) is 7.60. The summed E-state index contributed by atoms with van der Waals surface area (Å²) in [4.78, 5) is 11.9. The largest absolute Gasteiger partial charge is 0.497 e. The second-order valence-corrected chi connectivity index (χ2v) is 5.30. The van der Waals surface area contributed by atoms with Crippen molar-refractivity contribution in [3.8, 4) is 17.0 Å². The number of carbonyl (C=O) groups excluding carboxylic acids is 1. The van der Waals surface area contributed by atoms with Crippen molar-refractivity contribution in [2.24, 2.45) is 0 Å². The molecule has 1 N–H and O–H groups in total. The van der Waals surface area contributed by atoms with E-state index in [1.54, 1.807) is 37.5 Å². The number of benzene rings is 2. The van der Waals surface area contributed by atoms with Crippen molar-refractivity contribution in [3.63, 3.8) is 0 Å². The molecular formula is C19H14F2N2O3. The third kappa shape index (κ3) is 4.13. The Hall–Kier alpha value is -3.48. The highest BCUT2D eigenvalue weighted by molar-refractivity contribution is 6.01. The van der Waals surface area contributed by atoms with Crippen LogP contribution in [-0.4, -0.2) is 18.2 Å². The van der Waals surface area contributed by atoms with Gasteiger partial charge < -0.3 is 9.26 Å². The molecule has 0 radical (unpaired) electrons. The molecule has 5 nitrogen and oxygen atoms in total. The third-order valence-corrected chi connectivity index (χ3v) is 3.51. The number of aromatic nitrogens is 1. The van der Waals surface area contributed by atoms with Crippen LogP contribution >= 0.6 is 0 Å². The van der Waals surface area contributed by atoms with E-state index in [9.17, 15) is 13.6 Å². The first-order chi connectivity index (χ1) is 12.5. The minimum Gasteiger partial charge on any atom is -0.497 e. The number of anilines is 1. The van der Waals surface area contributed by atoms with E-state index < -0.39 is 17.5 Å². The molecule has 0 aliphatic rings. The predicted octanol–water partition coefficient (Wildman–Crippen LogP) is 4.28. The summed E-state index contributed by atoms with van der Waals surface area (Å²) in [7, 11) is 1.57. The number of ether oxygens (including phenoxy) is 1. The van der Waals surface area contributed by atoms with E-state index in [0.29, 0.717) is 5.56 Å². The lowest BCUT2D eigenvalue weighted by atomic mass is 10.1. The highest BCUT2D eigenvalue weighted by atomic mass is 19.2. The lowest BCUT2D eigenvalue weighted by Gasteiger charge is -1.99. The SMILES string of the molecule is COc1ccc(/C=C/C(=O)Nc2cc(-c3ccc(F)c(F)c3)no2)cc1. The maximum atomic E-state index is 13.3. The zero-order valence-electron chi connectivity index (χ0n) is 13.7. The minimum absolute atomic E-state index is 0.0918. The van der Waals surface area contributed by atoms with Crippen LogP contribution in [0.1, 0.15) is 5.56 Å². The van der Waals surface area contributed by atoms with E-state index in [-0.39, 0.29) is 11.6 Å². The van der Waals surface area contributed by atoms with Crippen LogP contribution in [0.2, 0.25) is 0 Å². The molecule has 132 valence electrons. The van der Waals surface area contributed by atoms with Gasteiger partial charge in [-0.3, -0.25) is 10.1 Å². The second-order valence-electron chi connectivity index (χ2n) is 5.30. The van der Waals surface area contributed by atoms with Gasteiger partial charge in [-0.25, -0.2) is 8.78 Å². The summed E-state index contributed by atoms with van der Waals surface area (Å²) in [5.41, 5.74) is 1.43. The van der Waals surface area contributed by atoms with Crippen LogP contribution < -0.4 is 10.1 Å². The first kappa shape index (κ1) is 17.3. The molecule has 0 aliphatic carbocycles. The van der Waals surface area contributed by atoms with Gasteiger partial charge in [-0.2, -0.15) is 0 Å². The molecule has 0 atom stereocenters. The van der Waals surface area contributed by atoms with Crippen molar-refractivity contribution in [1.29, 1.82) is 0 Å². The molecule has 1 heterocycles. The Morgan fingerprint density at radius 3 is 2.58 bits per heavy atom. The van der Waals surface area contributed by atoms with Crippen LogP contribution in [0, 0.1) is 11.6 Å². The number of carbonyl (C=O) groups is 1. The zero-order valence-corrected chi connectivity index (χ0v) is 13.7. The molecule has 3 rings (SSSR count). The van der Waals surface area contributed by atoms with Gasteiger partial charge >= 0.3 is 0 Å². The van der Waals surface area contributed by atoms with Crippen LogP contribution in [0.5, 0.6) is 5.75 Å². The molecule has 0 saturated heterocycles. The molecule has 2 aromatic carbocycles. The van der Waals surface area contributed by atoms with E-state index in [1.807, 2.05) is 0 Å². The van der Waals surface area contributed by atoms with Gasteiger partial charge in [0.15, 0.2) is 11.6 Å². The fraction of sp³-hybridized carbons (Fsp3) is 0.0526. The van der Waals surface area contributed by atoms with Gasteiger partial charge in [-0.1, -0.05) is 17.3 Å². The van der Waals surface area contributed by atoms with Crippen molar-refractivity contribution in [2.75, 3.05) is 12.4 Å². The van der Waals surface area contributed by atoms with Crippen LogP contribution in [0.15, 0.2) is 59.1 Å². The molecule has 0 fully saturated rings. The van der Waals surface area contributed by atoms with Crippen molar-refractivity contribution < 1.29 is 22.8 Å². The molecule has 7 heteroatoms. The molecule has 3 aromatic rings. The lowest BCUT2D eigenvalue weighted by Crippen LogP contribution is -2.06. The number of hydrogen-bond acceptors (Lipinski definition) is 4. The van der Waals surface area contributed by atoms with Gasteiger partial charge in [0.25, 0.3) is 5.91 Å². The van der Waals surface area contributed by atoms with E-state index in [1.165, 1.54) is 18.2 Å². The zero-order chi connectivity index (χ0) is 18.5. The van der Waals surface area contributed by atoms with Crippen LogP contribution in [-0.2, 0) is 4.79 Å². The van der Waals surface area contributed by atoms with E-state index >= 15 is 0 Å². The summed E-state index contributed by atoms with van der Waals surface area (Å²) in [5.74, 6) is -1.55. The topological polar surface area (TPSA) is 64.4 Å². The molecule has 1 amide bonds. The summed E-state index contributed by atoms with van der Waals surface area (Å²) in [5, 5.41) is 6.23. The Morgan fingerprint density at radius 2 is 1.88 bits per heavy atom. The number of rotatable bonds is 5. The van der Waals surface area contributed by atoms with Crippen molar-refractivity contribution in [2.45, 2.75) is 0 Å². The van der Waals surface area contributed by atoms with Crippen molar-refractivity contribution in [3.05, 3.63) is 71.8 Å². The molecule has 0 spiro atoms. The van der Waals surface area contributed by atoms with Gasteiger partial charge in [0.05, 0.1) is 7.11 Å². The summed E-state index contributed by atoms with van der Waals surface area (Å²) in [6.45, 7) is 0. The lowest BCUT2D eigenvalue weighted by molar-refractivity contribution is -0.112. The Bertz CT molecular complexity index is 950. The van der Waals surface area contributed by atoms with Gasteiger partial charge in [-0.05, 0) is 42.0 Å². The normalized spacial score (nSPS) is 10.9. The minimum atomic E-state index is -0.987. The van der Waals surface area contributed by atoms with Crippen LogP contribution in [0.4, 0.5) is 14.7 Å². The smallest absolute Gasteiger partial charge is 0.250 e. The van der Waals surface area contributed by atoms with Gasteiger partial charge in [-0.15, -0.1) is 0 Å². The summed E-state index contributed by atoms with van der Waals surface area (Å²) in [6.07, 6.45) is 2.96. The maximum Gasteiger partial charge on any atom is 0.250 e. The van der Waals surface area contributed by atoms with E-state index in [4.69, 9.17) is 9.26 Å². The fourth-order valence-electron chi connectivity index (χ4n) is 2.18. The molecule has 0 saturated carbocycles. The summed E-state index contributed by atoms with van der Waals surface area (Å²) >= 11 is 0. The molecule has 0 unspecified atom stereocenters. The highest BCUT2D eigenvalue weighted by Gasteiger charge is 2.10. The molecule has 0 bridgehead atoms. The van der Waals surface area contributed by atoms with Crippen molar-refractivity contribution >= 4 is 17.9 Å².